The molecule has 3 saturated heterocycles. The third kappa shape index (κ3) is 3.08. The maximum Gasteiger partial charge on any atom is 0.261 e. The summed E-state index contributed by atoms with van der Waals surface area (Å²) in [5.74, 6) is 0.650. The Morgan fingerprint density at radius 2 is 1.92 bits per heavy atom. The topological polar surface area (TPSA) is 56.1 Å². The van der Waals surface area contributed by atoms with Crippen molar-refractivity contribution < 1.29 is 4.79 Å². The van der Waals surface area contributed by atoms with Crippen molar-refractivity contribution in [2.24, 2.45) is 5.92 Å². The second-order valence-electron chi connectivity index (χ2n) is 6.97. The summed E-state index contributed by atoms with van der Waals surface area (Å²) in [6.07, 6.45) is 2.38. The summed E-state index contributed by atoms with van der Waals surface area (Å²) in [6.45, 7) is 4.56. The number of hydrogen-bond donors (Lipinski definition) is 1. The Bertz CT molecular complexity index is 810. The van der Waals surface area contributed by atoms with E-state index in [1.54, 1.807) is 0 Å². The van der Waals surface area contributed by atoms with Gasteiger partial charge in [0.05, 0.1) is 16.5 Å². The molecule has 1 N–H and O–H groups in total. The molecule has 2 unspecified atom stereocenters. The van der Waals surface area contributed by atoms with Crippen LogP contribution in [0.3, 0.4) is 0 Å². The molecule has 128 valence electrons. The van der Waals surface area contributed by atoms with Crippen molar-refractivity contribution in [3.05, 3.63) is 46.8 Å². The third-order valence-corrected chi connectivity index (χ3v) is 6.74. The molecule has 25 heavy (non-hydrogen) atoms. The molecule has 0 radical (unpaired) electrons. The number of fused-ring (bicyclic) bond motifs is 3. The lowest BCUT2D eigenvalue weighted by Crippen LogP contribution is -2.62. The lowest BCUT2D eigenvalue weighted by Gasteiger charge is -2.49. The van der Waals surface area contributed by atoms with Crippen molar-refractivity contribution in [1.82, 2.24) is 10.2 Å². The molecule has 5 rings (SSSR count). The molecule has 2 aromatic rings. The predicted octanol–water partition coefficient (Wildman–Crippen LogP) is 3.50. The predicted molar refractivity (Wildman–Crippen MR) is 99.5 cm³/mol. The van der Waals surface area contributed by atoms with Gasteiger partial charge in [-0.05, 0) is 68.6 Å². The van der Waals surface area contributed by atoms with Crippen LogP contribution in [0.2, 0.25) is 0 Å². The van der Waals surface area contributed by atoms with E-state index in [0.717, 1.165) is 15.3 Å². The lowest BCUT2D eigenvalue weighted by molar-refractivity contribution is 0.0218. The number of rotatable bonds is 3. The first-order valence-electron chi connectivity index (χ1n) is 8.81. The average molecular weight is 351 g/mol. The highest BCUT2D eigenvalue weighted by atomic mass is 32.1. The molecule has 1 amide bonds. The Balaban J connectivity index is 1.48. The largest absolute Gasteiger partial charge is 0.347 e. The zero-order chi connectivity index (χ0) is 17.4. The highest BCUT2D eigenvalue weighted by molar-refractivity contribution is 7.17. The van der Waals surface area contributed by atoms with E-state index in [9.17, 15) is 4.79 Å². The van der Waals surface area contributed by atoms with Crippen molar-refractivity contribution in [3.8, 4) is 16.5 Å². The summed E-state index contributed by atoms with van der Waals surface area (Å²) in [5, 5.41) is 12.2. The SMILES string of the molecule is CC1C(NC(=O)c2ccc(-c3ccc(C#N)cc3)s2)C2CCN1CC2. The van der Waals surface area contributed by atoms with Crippen LogP contribution in [-0.4, -0.2) is 36.0 Å². The minimum atomic E-state index is 0.0375. The van der Waals surface area contributed by atoms with Gasteiger partial charge in [-0.25, -0.2) is 0 Å². The van der Waals surface area contributed by atoms with E-state index in [1.807, 2.05) is 36.4 Å². The number of nitrogens with one attached hydrogen (secondary N) is 1. The van der Waals surface area contributed by atoms with Crippen molar-refractivity contribution in [2.75, 3.05) is 13.1 Å². The standard InChI is InChI=1S/C20H21N3OS/c1-13-19(16-8-10-23(13)11-9-16)22-20(24)18-7-6-17(25-18)15-4-2-14(12-21)3-5-15/h2-7,13,16,19H,8-11H2,1H3,(H,22,24). The minimum absolute atomic E-state index is 0.0375. The van der Waals surface area contributed by atoms with Crippen molar-refractivity contribution in [3.63, 3.8) is 0 Å². The minimum Gasteiger partial charge on any atom is -0.347 e. The van der Waals surface area contributed by atoms with Gasteiger partial charge < -0.3 is 5.32 Å². The van der Waals surface area contributed by atoms with E-state index >= 15 is 0 Å². The number of hydrogen-bond acceptors (Lipinski definition) is 4. The van der Waals surface area contributed by atoms with Crippen LogP contribution in [-0.2, 0) is 0 Å². The van der Waals surface area contributed by atoms with Gasteiger partial charge in [-0.3, -0.25) is 9.69 Å². The van der Waals surface area contributed by atoms with Gasteiger partial charge >= 0.3 is 0 Å². The van der Waals surface area contributed by atoms with Gasteiger partial charge in [-0.1, -0.05) is 12.1 Å². The smallest absolute Gasteiger partial charge is 0.261 e. The third-order valence-electron chi connectivity index (χ3n) is 5.60. The second kappa shape index (κ2) is 6.62. The summed E-state index contributed by atoms with van der Waals surface area (Å²) in [7, 11) is 0. The van der Waals surface area contributed by atoms with Crippen LogP contribution in [0, 0.1) is 17.2 Å². The Morgan fingerprint density at radius 1 is 1.20 bits per heavy atom. The number of benzene rings is 1. The van der Waals surface area contributed by atoms with Crippen molar-refractivity contribution in [1.29, 1.82) is 5.26 Å². The first kappa shape index (κ1) is 16.3. The molecule has 1 aromatic carbocycles. The molecule has 3 aliphatic rings. The molecule has 2 atom stereocenters. The molecule has 3 fully saturated rings. The Morgan fingerprint density at radius 3 is 2.56 bits per heavy atom. The van der Waals surface area contributed by atoms with Gasteiger partial charge in [0, 0.05) is 17.0 Å². The van der Waals surface area contributed by atoms with E-state index in [-0.39, 0.29) is 11.9 Å². The first-order valence-corrected chi connectivity index (χ1v) is 9.62. The number of nitrogens with zero attached hydrogens (tertiary/aromatic N) is 2. The van der Waals surface area contributed by atoms with Gasteiger partial charge in [0.15, 0.2) is 0 Å². The molecule has 2 bridgehead atoms. The summed E-state index contributed by atoms with van der Waals surface area (Å²) >= 11 is 1.51. The number of carbonyl (C=O) groups excluding carboxylic acids is 1. The van der Waals surface area contributed by atoms with Crippen LogP contribution in [0.4, 0.5) is 0 Å². The summed E-state index contributed by atoms with van der Waals surface area (Å²) in [6, 6.07) is 14.2. The van der Waals surface area contributed by atoms with E-state index in [2.05, 4.69) is 23.2 Å². The molecule has 4 heterocycles. The van der Waals surface area contributed by atoms with Crippen LogP contribution >= 0.6 is 11.3 Å². The molecular weight excluding hydrogens is 330 g/mol. The molecule has 0 spiro atoms. The fourth-order valence-corrected chi connectivity index (χ4v) is 5.01. The quantitative estimate of drug-likeness (QED) is 0.921. The molecule has 0 aliphatic carbocycles. The number of carbonyl (C=O) groups is 1. The number of thiophene rings is 1. The molecule has 0 saturated carbocycles. The maximum atomic E-state index is 12.7. The van der Waals surface area contributed by atoms with Crippen molar-refractivity contribution in [2.45, 2.75) is 31.8 Å². The highest BCUT2D eigenvalue weighted by Crippen LogP contribution is 2.33. The van der Waals surface area contributed by atoms with E-state index in [0.29, 0.717) is 17.5 Å². The normalized spacial score (nSPS) is 27.7. The summed E-state index contributed by atoms with van der Waals surface area (Å²) in [5.41, 5.74) is 1.69. The fraction of sp³-hybridized carbons (Fsp3) is 0.400. The molecular formula is C20H21N3OS. The van der Waals surface area contributed by atoms with Gasteiger partial charge in [0.2, 0.25) is 0 Å². The van der Waals surface area contributed by atoms with Crippen LogP contribution in [0.15, 0.2) is 36.4 Å². The second-order valence-corrected chi connectivity index (χ2v) is 8.05. The average Bonchev–Trinajstić information content (AvgIpc) is 3.15. The number of piperidine rings is 3. The van der Waals surface area contributed by atoms with Crippen LogP contribution in [0.1, 0.15) is 35.0 Å². The zero-order valence-electron chi connectivity index (χ0n) is 14.2. The van der Waals surface area contributed by atoms with E-state index < -0.39 is 0 Å². The highest BCUT2D eigenvalue weighted by Gasteiger charge is 2.40. The van der Waals surface area contributed by atoms with E-state index in [4.69, 9.17) is 5.26 Å². The number of nitriles is 1. The number of amides is 1. The summed E-state index contributed by atoms with van der Waals surface area (Å²) in [4.78, 5) is 17.0. The monoisotopic (exact) mass is 351 g/mol. The lowest BCUT2D eigenvalue weighted by atomic mass is 9.79. The van der Waals surface area contributed by atoms with Crippen LogP contribution in [0.25, 0.3) is 10.4 Å². The van der Waals surface area contributed by atoms with Gasteiger partial charge in [0.1, 0.15) is 0 Å². The fourth-order valence-electron chi connectivity index (χ4n) is 4.09. The maximum absolute atomic E-state index is 12.7. The van der Waals surface area contributed by atoms with E-state index in [1.165, 1.54) is 37.3 Å². The molecule has 3 aliphatic heterocycles. The van der Waals surface area contributed by atoms with Crippen LogP contribution < -0.4 is 5.32 Å². The zero-order valence-corrected chi connectivity index (χ0v) is 15.1. The van der Waals surface area contributed by atoms with Crippen LogP contribution in [0.5, 0.6) is 0 Å². The van der Waals surface area contributed by atoms with Crippen molar-refractivity contribution >= 4 is 17.2 Å². The first-order chi connectivity index (χ1) is 12.2. The Kier molecular flexibility index (Phi) is 4.32. The van der Waals surface area contributed by atoms with Gasteiger partial charge in [0.25, 0.3) is 5.91 Å². The summed E-state index contributed by atoms with van der Waals surface area (Å²) < 4.78 is 0. The Labute approximate surface area is 152 Å². The molecule has 1 aromatic heterocycles. The molecule has 4 nitrogen and oxygen atoms in total. The van der Waals surface area contributed by atoms with Gasteiger partial charge in [-0.15, -0.1) is 11.3 Å². The van der Waals surface area contributed by atoms with Gasteiger partial charge in [-0.2, -0.15) is 5.26 Å². The Hall–Kier alpha value is -2.16. The molecule has 5 heteroatoms.